The Balaban J connectivity index is 1.56. The molecule has 3 aromatic rings. The number of guanidine groups is 1. The van der Waals surface area contributed by atoms with Gasteiger partial charge in [-0.2, -0.15) is 0 Å². The van der Waals surface area contributed by atoms with Crippen molar-refractivity contribution < 1.29 is 9.21 Å². The fourth-order valence-corrected chi connectivity index (χ4v) is 4.29. The SMILES string of the molecule is NC1=NC(c2cccc(-c3cccc(Cl)c3)c2)(C2CC2)C(=O)N1Cc1ccco1. The Labute approximate surface area is 173 Å². The highest BCUT2D eigenvalue weighted by molar-refractivity contribution is 6.30. The number of carbonyl (C=O) groups is 1. The largest absolute Gasteiger partial charge is 0.467 e. The van der Waals surface area contributed by atoms with E-state index < -0.39 is 5.54 Å². The Kier molecular flexibility index (Phi) is 4.21. The van der Waals surface area contributed by atoms with E-state index in [9.17, 15) is 4.79 Å². The summed E-state index contributed by atoms with van der Waals surface area (Å²) in [6, 6.07) is 19.3. The van der Waals surface area contributed by atoms with Crippen molar-refractivity contribution in [1.29, 1.82) is 0 Å². The zero-order chi connectivity index (χ0) is 20.0. The first-order chi connectivity index (χ1) is 14.1. The van der Waals surface area contributed by atoms with E-state index in [0.717, 1.165) is 29.5 Å². The van der Waals surface area contributed by atoms with Gasteiger partial charge in [0.15, 0.2) is 11.5 Å². The van der Waals surface area contributed by atoms with Gasteiger partial charge in [-0.1, -0.05) is 41.9 Å². The first-order valence-electron chi connectivity index (χ1n) is 9.64. The van der Waals surface area contributed by atoms with Crippen LogP contribution >= 0.6 is 11.6 Å². The van der Waals surface area contributed by atoms with E-state index in [-0.39, 0.29) is 24.3 Å². The Hall–Kier alpha value is -3.05. The zero-order valence-corrected chi connectivity index (χ0v) is 16.5. The lowest BCUT2D eigenvalue weighted by atomic mass is 9.83. The molecule has 1 aliphatic heterocycles. The van der Waals surface area contributed by atoms with Gasteiger partial charge in [0.2, 0.25) is 0 Å². The minimum atomic E-state index is -0.967. The van der Waals surface area contributed by atoms with Crippen LogP contribution in [-0.2, 0) is 16.9 Å². The second-order valence-electron chi connectivity index (χ2n) is 7.57. The van der Waals surface area contributed by atoms with Gasteiger partial charge < -0.3 is 10.2 Å². The van der Waals surface area contributed by atoms with Crippen LogP contribution in [0, 0.1) is 5.92 Å². The van der Waals surface area contributed by atoms with Crippen molar-refractivity contribution in [3.63, 3.8) is 0 Å². The molecule has 1 aromatic heterocycles. The van der Waals surface area contributed by atoms with Crippen LogP contribution in [0.1, 0.15) is 24.2 Å². The molecule has 0 radical (unpaired) electrons. The molecule has 5 rings (SSSR count). The number of aliphatic imine (C=N–C) groups is 1. The number of nitrogens with two attached hydrogens (primary N) is 1. The van der Waals surface area contributed by atoms with E-state index in [2.05, 4.69) is 0 Å². The predicted octanol–water partition coefficient (Wildman–Crippen LogP) is 4.56. The van der Waals surface area contributed by atoms with Gasteiger partial charge in [0.1, 0.15) is 5.76 Å². The molecule has 2 N–H and O–H groups in total. The van der Waals surface area contributed by atoms with Crippen LogP contribution in [0.15, 0.2) is 76.3 Å². The van der Waals surface area contributed by atoms with Crippen LogP contribution in [-0.4, -0.2) is 16.8 Å². The number of hydrogen-bond donors (Lipinski definition) is 1. The van der Waals surface area contributed by atoms with E-state index in [0.29, 0.717) is 10.8 Å². The quantitative estimate of drug-likeness (QED) is 0.676. The van der Waals surface area contributed by atoms with Crippen molar-refractivity contribution >= 4 is 23.5 Å². The number of benzene rings is 2. The van der Waals surface area contributed by atoms with Gasteiger partial charge in [0, 0.05) is 5.02 Å². The minimum absolute atomic E-state index is 0.0860. The molecule has 2 aliphatic rings. The first kappa shape index (κ1) is 18.0. The molecule has 0 saturated heterocycles. The molecule has 1 aliphatic carbocycles. The highest BCUT2D eigenvalue weighted by atomic mass is 35.5. The van der Waals surface area contributed by atoms with E-state index in [1.165, 1.54) is 4.90 Å². The molecule has 1 fully saturated rings. The van der Waals surface area contributed by atoms with Gasteiger partial charge in [-0.15, -0.1) is 0 Å². The van der Waals surface area contributed by atoms with Gasteiger partial charge in [-0.05, 0) is 65.8 Å². The van der Waals surface area contributed by atoms with Crippen LogP contribution in [0.3, 0.4) is 0 Å². The van der Waals surface area contributed by atoms with Gasteiger partial charge in [0.25, 0.3) is 5.91 Å². The highest BCUT2D eigenvalue weighted by Gasteiger charge is 2.58. The van der Waals surface area contributed by atoms with E-state index in [1.54, 1.807) is 12.3 Å². The third kappa shape index (κ3) is 3.02. The molecular weight excluding hydrogens is 386 g/mol. The highest BCUT2D eigenvalue weighted by Crippen LogP contribution is 2.52. The Morgan fingerprint density at radius 2 is 1.86 bits per heavy atom. The van der Waals surface area contributed by atoms with Crippen molar-refractivity contribution in [3.8, 4) is 11.1 Å². The van der Waals surface area contributed by atoms with Gasteiger partial charge in [-0.3, -0.25) is 9.69 Å². The molecule has 2 heterocycles. The fraction of sp³-hybridized carbons (Fsp3) is 0.217. The molecule has 0 spiro atoms. The summed E-state index contributed by atoms with van der Waals surface area (Å²) in [5, 5.41) is 0.675. The Bertz CT molecular complexity index is 1100. The number of halogens is 1. The molecule has 146 valence electrons. The maximum atomic E-state index is 13.6. The zero-order valence-electron chi connectivity index (χ0n) is 15.7. The molecule has 5 nitrogen and oxygen atoms in total. The summed E-state index contributed by atoms with van der Waals surface area (Å²) in [7, 11) is 0. The number of hydrogen-bond acceptors (Lipinski definition) is 4. The number of amides is 1. The average molecular weight is 406 g/mol. The lowest BCUT2D eigenvalue weighted by molar-refractivity contribution is -0.132. The molecule has 6 heteroatoms. The van der Waals surface area contributed by atoms with E-state index in [1.807, 2.05) is 54.6 Å². The molecule has 1 amide bonds. The summed E-state index contributed by atoms with van der Waals surface area (Å²) >= 11 is 6.17. The summed E-state index contributed by atoms with van der Waals surface area (Å²) in [5.41, 5.74) is 8.13. The smallest absolute Gasteiger partial charge is 0.262 e. The topological polar surface area (TPSA) is 71.8 Å². The number of rotatable bonds is 5. The van der Waals surface area contributed by atoms with E-state index in [4.69, 9.17) is 26.7 Å². The predicted molar refractivity (Wildman–Crippen MR) is 112 cm³/mol. The Morgan fingerprint density at radius 1 is 1.10 bits per heavy atom. The van der Waals surface area contributed by atoms with Crippen molar-refractivity contribution in [2.45, 2.75) is 24.9 Å². The second kappa shape index (κ2) is 6.78. The monoisotopic (exact) mass is 405 g/mol. The van der Waals surface area contributed by atoms with Crippen LogP contribution in [0.2, 0.25) is 5.02 Å². The van der Waals surface area contributed by atoms with Gasteiger partial charge >= 0.3 is 0 Å². The molecular formula is C23H20ClN3O2. The fourth-order valence-electron chi connectivity index (χ4n) is 4.10. The van der Waals surface area contributed by atoms with Crippen molar-refractivity contribution in [2.24, 2.45) is 16.6 Å². The summed E-state index contributed by atoms with van der Waals surface area (Å²) in [6.45, 7) is 0.281. The molecule has 1 atom stereocenters. The van der Waals surface area contributed by atoms with Crippen molar-refractivity contribution in [1.82, 2.24) is 4.90 Å². The van der Waals surface area contributed by atoms with Crippen molar-refractivity contribution in [3.05, 3.63) is 83.3 Å². The first-order valence-corrected chi connectivity index (χ1v) is 10.0. The standard InChI is InChI=1S/C23H20ClN3O2/c24-19-7-2-5-16(13-19)15-4-1-6-18(12-15)23(17-9-10-17)21(28)27(22(25)26-23)14-20-8-3-11-29-20/h1-8,11-13,17H,9-10,14H2,(H2,25,26). The second-order valence-corrected chi connectivity index (χ2v) is 8.01. The maximum absolute atomic E-state index is 13.6. The molecule has 29 heavy (non-hydrogen) atoms. The van der Waals surface area contributed by atoms with Crippen LogP contribution < -0.4 is 5.73 Å². The molecule has 1 unspecified atom stereocenters. The normalized spacial score (nSPS) is 21.5. The summed E-state index contributed by atoms with van der Waals surface area (Å²) < 4.78 is 5.41. The van der Waals surface area contributed by atoms with Crippen LogP contribution in [0.5, 0.6) is 0 Å². The van der Waals surface area contributed by atoms with Gasteiger partial charge in [-0.25, -0.2) is 4.99 Å². The summed E-state index contributed by atoms with van der Waals surface area (Å²) in [6.07, 6.45) is 3.50. The molecule has 0 bridgehead atoms. The van der Waals surface area contributed by atoms with Crippen LogP contribution in [0.4, 0.5) is 0 Å². The maximum Gasteiger partial charge on any atom is 0.262 e. The summed E-state index contributed by atoms with van der Waals surface area (Å²) in [5.74, 6) is 0.990. The third-order valence-electron chi connectivity index (χ3n) is 5.66. The lowest BCUT2D eigenvalue weighted by Crippen LogP contribution is -2.43. The van der Waals surface area contributed by atoms with Gasteiger partial charge in [0.05, 0.1) is 12.8 Å². The van der Waals surface area contributed by atoms with Crippen LogP contribution in [0.25, 0.3) is 11.1 Å². The number of furan rings is 1. The minimum Gasteiger partial charge on any atom is -0.467 e. The van der Waals surface area contributed by atoms with E-state index >= 15 is 0 Å². The third-order valence-corrected chi connectivity index (χ3v) is 5.90. The lowest BCUT2D eigenvalue weighted by Gasteiger charge is -2.26. The Morgan fingerprint density at radius 3 is 2.55 bits per heavy atom. The number of nitrogens with zero attached hydrogens (tertiary/aromatic N) is 2. The summed E-state index contributed by atoms with van der Waals surface area (Å²) in [4.78, 5) is 19.9. The molecule has 1 saturated carbocycles. The average Bonchev–Trinajstić information content (AvgIpc) is 3.39. The molecule has 2 aromatic carbocycles. The van der Waals surface area contributed by atoms with Crippen molar-refractivity contribution in [2.75, 3.05) is 0 Å². The number of carbonyl (C=O) groups excluding carboxylic acids is 1.